The van der Waals surface area contributed by atoms with Gasteiger partial charge in [-0.2, -0.15) is 17.6 Å². The van der Waals surface area contributed by atoms with Crippen LogP contribution in [0.1, 0.15) is 0 Å². The topological polar surface area (TPSA) is 6.48 Å². The molecule has 0 bridgehead atoms. The molecule has 1 aliphatic rings. The van der Waals surface area contributed by atoms with E-state index in [1.165, 1.54) is 0 Å². The summed E-state index contributed by atoms with van der Waals surface area (Å²) in [5.41, 5.74) is 0. The van der Waals surface area contributed by atoms with E-state index >= 15 is 0 Å². The molecule has 2 nitrogen and oxygen atoms in total. The summed E-state index contributed by atoms with van der Waals surface area (Å²) in [6.45, 7) is 1.77. The molecule has 1 rings (SSSR count). The number of piperazine rings is 1. The second-order valence-corrected chi connectivity index (χ2v) is 3.30. The van der Waals surface area contributed by atoms with Crippen LogP contribution in [0.2, 0.25) is 0 Å². The lowest BCUT2D eigenvalue weighted by Crippen LogP contribution is -2.43. The van der Waals surface area contributed by atoms with E-state index in [1.807, 2.05) is 11.9 Å². The minimum atomic E-state index is -4.58. The maximum atomic E-state index is 13.0. The van der Waals surface area contributed by atoms with Crippen molar-refractivity contribution in [3.63, 3.8) is 0 Å². The number of halogens is 4. The Labute approximate surface area is 79.8 Å². The fraction of sp³-hybridized carbons (Fsp3) is 0.750. The number of allylic oxidation sites excluding steroid dienone is 1. The van der Waals surface area contributed by atoms with Crippen LogP contribution in [0.3, 0.4) is 0 Å². The van der Waals surface area contributed by atoms with E-state index in [9.17, 15) is 17.6 Å². The third-order valence-electron chi connectivity index (χ3n) is 2.09. The molecule has 82 valence electrons. The molecule has 14 heavy (non-hydrogen) atoms. The van der Waals surface area contributed by atoms with Gasteiger partial charge in [0, 0.05) is 26.2 Å². The van der Waals surface area contributed by atoms with Gasteiger partial charge in [-0.15, -0.1) is 0 Å². The fourth-order valence-corrected chi connectivity index (χ4v) is 1.25. The molecule has 0 amide bonds. The van der Waals surface area contributed by atoms with Crippen molar-refractivity contribution in [3.8, 4) is 0 Å². The van der Waals surface area contributed by atoms with Crippen molar-refractivity contribution in [3.05, 3.63) is 12.0 Å². The van der Waals surface area contributed by atoms with Gasteiger partial charge in [0.2, 0.25) is 0 Å². The molecule has 0 aromatic rings. The van der Waals surface area contributed by atoms with Gasteiger partial charge in [0.1, 0.15) is 0 Å². The van der Waals surface area contributed by atoms with E-state index in [2.05, 4.69) is 0 Å². The fourth-order valence-electron chi connectivity index (χ4n) is 1.25. The molecule has 6 heteroatoms. The first-order valence-electron chi connectivity index (χ1n) is 4.27. The molecule has 1 aliphatic heterocycles. The average molecular weight is 212 g/mol. The molecule has 0 aliphatic carbocycles. The zero-order valence-electron chi connectivity index (χ0n) is 7.81. The van der Waals surface area contributed by atoms with Crippen LogP contribution < -0.4 is 0 Å². The Morgan fingerprint density at radius 3 is 2.07 bits per heavy atom. The van der Waals surface area contributed by atoms with Gasteiger partial charge in [-0.3, -0.25) is 0 Å². The standard InChI is InChI=1S/C8H12F4N2/c1-13-2-4-14(5-3-13)7(9)6-8(10,11)12/h6H,2-5H2,1H3/b7-6+. The zero-order chi connectivity index (χ0) is 10.8. The van der Waals surface area contributed by atoms with Crippen LogP contribution in [0.15, 0.2) is 12.0 Å². The highest BCUT2D eigenvalue weighted by Crippen LogP contribution is 2.21. The summed E-state index contributed by atoms with van der Waals surface area (Å²) in [5.74, 6) is -1.19. The molecule has 0 spiro atoms. The molecule has 0 aromatic carbocycles. The molecule has 0 N–H and O–H groups in total. The first-order chi connectivity index (χ1) is 6.38. The van der Waals surface area contributed by atoms with Crippen LogP contribution in [0.4, 0.5) is 17.6 Å². The normalized spacial score (nSPS) is 21.5. The van der Waals surface area contributed by atoms with Crippen molar-refractivity contribution in [2.24, 2.45) is 0 Å². The van der Waals surface area contributed by atoms with E-state index in [0.717, 1.165) is 4.90 Å². The number of rotatable bonds is 1. The predicted octanol–water partition coefficient (Wildman–Crippen LogP) is 1.61. The molecule has 0 saturated carbocycles. The van der Waals surface area contributed by atoms with E-state index in [4.69, 9.17) is 0 Å². The summed E-state index contributed by atoms with van der Waals surface area (Å²) >= 11 is 0. The van der Waals surface area contributed by atoms with Crippen molar-refractivity contribution in [2.75, 3.05) is 33.2 Å². The maximum Gasteiger partial charge on any atom is 0.414 e. The second-order valence-electron chi connectivity index (χ2n) is 3.30. The first-order valence-corrected chi connectivity index (χ1v) is 4.27. The lowest BCUT2D eigenvalue weighted by atomic mass is 10.3. The van der Waals surface area contributed by atoms with Crippen molar-refractivity contribution >= 4 is 0 Å². The van der Waals surface area contributed by atoms with Crippen LogP contribution in [-0.2, 0) is 0 Å². The van der Waals surface area contributed by atoms with Gasteiger partial charge >= 0.3 is 6.18 Å². The maximum absolute atomic E-state index is 13.0. The molecule has 1 heterocycles. The smallest absolute Gasteiger partial charge is 0.346 e. The number of hydrogen-bond donors (Lipinski definition) is 0. The highest BCUT2D eigenvalue weighted by molar-refractivity contribution is 4.97. The second kappa shape index (κ2) is 4.16. The Kier molecular flexibility index (Phi) is 3.36. The van der Waals surface area contributed by atoms with Crippen molar-refractivity contribution < 1.29 is 17.6 Å². The van der Waals surface area contributed by atoms with Gasteiger partial charge in [0.25, 0.3) is 0 Å². The minimum Gasteiger partial charge on any atom is -0.346 e. The van der Waals surface area contributed by atoms with Gasteiger partial charge < -0.3 is 9.80 Å². The number of likely N-dealkylation sites (N-methyl/N-ethyl adjacent to an activating group) is 1. The molecule has 0 unspecified atom stereocenters. The van der Waals surface area contributed by atoms with Crippen LogP contribution in [0.5, 0.6) is 0 Å². The van der Waals surface area contributed by atoms with Gasteiger partial charge in [0.05, 0.1) is 6.08 Å². The summed E-state index contributed by atoms with van der Waals surface area (Å²) in [4.78, 5) is 3.05. The Morgan fingerprint density at radius 1 is 1.14 bits per heavy atom. The van der Waals surface area contributed by atoms with Gasteiger partial charge in [-0.05, 0) is 7.05 Å². The summed E-state index contributed by atoms with van der Waals surface area (Å²) < 4.78 is 48.3. The first kappa shape index (κ1) is 11.3. The lowest BCUT2D eigenvalue weighted by Gasteiger charge is -2.32. The SMILES string of the molecule is CN1CCN(/C(F)=C/C(F)(F)F)CC1. The monoisotopic (exact) mass is 212 g/mol. The molecule has 1 saturated heterocycles. The van der Waals surface area contributed by atoms with E-state index in [1.54, 1.807) is 0 Å². The average Bonchev–Trinajstić information content (AvgIpc) is 2.02. The zero-order valence-corrected chi connectivity index (χ0v) is 7.81. The third kappa shape index (κ3) is 3.53. The van der Waals surface area contributed by atoms with Gasteiger partial charge in [-0.1, -0.05) is 0 Å². The van der Waals surface area contributed by atoms with Crippen molar-refractivity contribution in [1.82, 2.24) is 9.80 Å². The number of alkyl halides is 3. The molecule has 0 radical (unpaired) electrons. The van der Waals surface area contributed by atoms with Crippen molar-refractivity contribution in [2.45, 2.75) is 6.18 Å². The van der Waals surface area contributed by atoms with E-state index < -0.39 is 12.1 Å². The van der Waals surface area contributed by atoms with Crippen LogP contribution in [0, 0.1) is 0 Å². The van der Waals surface area contributed by atoms with Gasteiger partial charge in [0.15, 0.2) is 5.95 Å². The molecular formula is C8H12F4N2. The summed E-state index contributed by atoms with van der Waals surface area (Å²) in [5, 5.41) is 0. The Balaban J connectivity index is 2.53. The quantitative estimate of drug-likeness (QED) is 0.481. The molecular weight excluding hydrogens is 200 g/mol. The molecule has 1 fully saturated rings. The van der Waals surface area contributed by atoms with Crippen LogP contribution in [-0.4, -0.2) is 49.2 Å². The number of nitrogens with zero attached hydrogens (tertiary/aromatic N) is 2. The Morgan fingerprint density at radius 2 is 1.64 bits per heavy atom. The Hall–Kier alpha value is -0.780. The molecule has 0 atom stereocenters. The van der Waals surface area contributed by atoms with E-state index in [-0.39, 0.29) is 6.08 Å². The minimum absolute atomic E-state index is 0.293. The van der Waals surface area contributed by atoms with E-state index in [0.29, 0.717) is 26.2 Å². The predicted molar refractivity (Wildman–Crippen MR) is 44.3 cm³/mol. The highest BCUT2D eigenvalue weighted by atomic mass is 19.4. The highest BCUT2D eigenvalue weighted by Gasteiger charge is 2.27. The Bertz CT molecular complexity index is 216. The lowest BCUT2D eigenvalue weighted by molar-refractivity contribution is -0.0832. The number of hydrogen-bond acceptors (Lipinski definition) is 2. The summed E-state index contributed by atoms with van der Waals surface area (Å²) in [6.07, 6.45) is -4.87. The summed E-state index contributed by atoms with van der Waals surface area (Å²) in [7, 11) is 1.85. The van der Waals surface area contributed by atoms with Gasteiger partial charge in [-0.25, -0.2) is 0 Å². The largest absolute Gasteiger partial charge is 0.414 e. The third-order valence-corrected chi connectivity index (χ3v) is 2.09. The van der Waals surface area contributed by atoms with Crippen LogP contribution in [0.25, 0.3) is 0 Å². The van der Waals surface area contributed by atoms with Crippen LogP contribution >= 0.6 is 0 Å². The van der Waals surface area contributed by atoms with Crippen molar-refractivity contribution in [1.29, 1.82) is 0 Å². The molecule has 0 aromatic heterocycles. The summed E-state index contributed by atoms with van der Waals surface area (Å²) in [6, 6.07) is 0.